The fourth-order valence-corrected chi connectivity index (χ4v) is 3.88. The number of thiophene rings is 1. The third kappa shape index (κ3) is 4.99. The third-order valence-electron chi connectivity index (χ3n) is 4.40. The van der Waals surface area contributed by atoms with E-state index < -0.39 is 0 Å². The first-order valence-electron chi connectivity index (χ1n) is 10.1. The second-order valence-electron chi connectivity index (χ2n) is 7.47. The smallest absolute Gasteiger partial charge is 0.260 e. The van der Waals surface area contributed by atoms with Crippen LogP contribution in [0.15, 0.2) is 70.8 Å². The highest BCUT2D eigenvalue weighted by Crippen LogP contribution is 2.37. The monoisotopic (exact) mass is 420 g/mol. The molecule has 0 amide bonds. The van der Waals surface area contributed by atoms with Crippen LogP contribution in [0.2, 0.25) is 0 Å². The van der Waals surface area contributed by atoms with Gasteiger partial charge in [-0.25, -0.2) is 0 Å². The Bertz CT molecular complexity index is 1130. The van der Waals surface area contributed by atoms with Gasteiger partial charge in [-0.2, -0.15) is 0 Å². The van der Waals surface area contributed by atoms with Gasteiger partial charge in [0.15, 0.2) is 0 Å². The Balaban J connectivity index is 0.000000806. The number of hydrogen-bond donors (Lipinski definition) is 2. The summed E-state index contributed by atoms with van der Waals surface area (Å²) in [7, 11) is 3.75. The minimum atomic E-state index is -0.115. The van der Waals surface area contributed by atoms with Crippen LogP contribution < -0.4 is 15.6 Å². The highest BCUT2D eigenvalue weighted by atomic mass is 32.1. The van der Waals surface area contributed by atoms with Crippen LogP contribution in [0.4, 0.5) is 0 Å². The van der Waals surface area contributed by atoms with E-state index in [2.05, 4.69) is 42.3 Å². The van der Waals surface area contributed by atoms with E-state index >= 15 is 0 Å². The summed E-state index contributed by atoms with van der Waals surface area (Å²) in [6, 6.07) is 20.2. The topological polar surface area (TPSA) is 54.1 Å². The number of H-pyrrole nitrogens is 1. The van der Waals surface area contributed by atoms with Crippen LogP contribution in [0.25, 0.3) is 32.5 Å². The van der Waals surface area contributed by atoms with Gasteiger partial charge in [-0.05, 0) is 54.7 Å². The first-order chi connectivity index (χ1) is 14.5. The second kappa shape index (κ2) is 10.2. The molecule has 0 fully saturated rings. The molecule has 0 radical (unpaired) electrons. The maximum absolute atomic E-state index is 12.8. The molecule has 0 aliphatic rings. The van der Waals surface area contributed by atoms with E-state index in [9.17, 15) is 4.79 Å². The van der Waals surface area contributed by atoms with Crippen molar-refractivity contribution >= 4 is 22.2 Å². The number of benzene rings is 2. The molecule has 0 bridgehead atoms. The molecule has 30 heavy (non-hydrogen) atoms. The molecule has 4 rings (SSSR count). The van der Waals surface area contributed by atoms with Crippen molar-refractivity contribution in [3.8, 4) is 27.3 Å². The molecular weight excluding hydrogens is 392 g/mol. The molecule has 156 valence electrons. The van der Waals surface area contributed by atoms with Gasteiger partial charge < -0.3 is 15.0 Å². The molecule has 2 N–H and O–H groups in total. The number of aromatic amines is 1. The van der Waals surface area contributed by atoms with Crippen molar-refractivity contribution in [3.63, 3.8) is 0 Å². The third-order valence-corrected chi connectivity index (χ3v) is 5.29. The number of rotatable bonds is 5. The van der Waals surface area contributed by atoms with Gasteiger partial charge in [0, 0.05) is 10.3 Å². The first kappa shape index (κ1) is 21.8. The average molecular weight is 421 g/mol. The van der Waals surface area contributed by atoms with E-state index in [1.807, 2.05) is 61.9 Å². The average Bonchev–Trinajstić information content (AvgIpc) is 3.27. The summed E-state index contributed by atoms with van der Waals surface area (Å²) < 4.78 is 6.19. The molecule has 0 aliphatic carbocycles. The van der Waals surface area contributed by atoms with Gasteiger partial charge in [-0.15, -0.1) is 11.3 Å². The first-order valence-corrected chi connectivity index (χ1v) is 10.9. The predicted octanol–water partition coefficient (Wildman–Crippen LogP) is 5.79. The number of ether oxygens (including phenoxy) is 1. The van der Waals surface area contributed by atoms with Gasteiger partial charge in [0.25, 0.3) is 5.56 Å². The summed E-state index contributed by atoms with van der Waals surface area (Å²) in [6.07, 6.45) is 0. The maximum Gasteiger partial charge on any atom is 0.260 e. The summed E-state index contributed by atoms with van der Waals surface area (Å²) in [5.41, 5.74) is 3.53. The zero-order valence-electron chi connectivity index (χ0n) is 17.9. The maximum atomic E-state index is 12.8. The number of nitrogens with one attached hydrogen (secondary N) is 2. The quantitative estimate of drug-likeness (QED) is 0.429. The van der Waals surface area contributed by atoms with E-state index in [0.29, 0.717) is 23.8 Å². The Morgan fingerprint density at radius 1 is 1.00 bits per heavy atom. The summed E-state index contributed by atoms with van der Waals surface area (Å²) in [5, 5.41) is 5.66. The SMILES string of the molecule is CC(C)COc1c(-c2cccs2)c(=O)[nH]c2ccc(-c3ccccc3)cc12.CNC. The lowest BCUT2D eigenvalue weighted by Gasteiger charge is -2.15. The van der Waals surface area contributed by atoms with Crippen LogP contribution in [-0.2, 0) is 0 Å². The van der Waals surface area contributed by atoms with Gasteiger partial charge in [-0.3, -0.25) is 4.79 Å². The van der Waals surface area contributed by atoms with E-state index in [1.165, 1.54) is 0 Å². The standard InChI is InChI=1S/C23H21NO2S.C2H7N/c1-15(2)14-26-22-18-13-17(16-7-4-3-5-8-16)10-11-19(18)24-23(25)21(22)20-9-6-12-27-20;1-3-2/h3-13,15H,14H2,1-2H3,(H,24,25);3H,1-2H3. The number of pyridine rings is 1. The van der Waals surface area contributed by atoms with Crippen molar-refractivity contribution in [2.75, 3.05) is 20.7 Å². The van der Waals surface area contributed by atoms with Crippen molar-refractivity contribution in [1.29, 1.82) is 0 Å². The molecule has 0 atom stereocenters. The van der Waals surface area contributed by atoms with E-state index in [-0.39, 0.29) is 5.56 Å². The van der Waals surface area contributed by atoms with Crippen LogP contribution in [0, 0.1) is 5.92 Å². The number of hydrogen-bond acceptors (Lipinski definition) is 4. The Labute approximate surface area is 181 Å². The van der Waals surface area contributed by atoms with Crippen molar-refractivity contribution in [2.24, 2.45) is 5.92 Å². The molecule has 5 heteroatoms. The number of fused-ring (bicyclic) bond motifs is 1. The molecule has 0 saturated heterocycles. The van der Waals surface area contributed by atoms with Crippen LogP contribution in [0.5, 0.6) is 5.75 Å². The van der Waals surface area contributed by atoms with Crippen LogP contribution in [-0.4, -0.2) is 25.7 Å². The lowest BCUT2D eigenvalue weighted by Crippen LogP contribution is -2.13. The lowest BCUT2D eigenvalue weighted by molar-refractivity contribution is 0.275. The van der Waals surface area contributed by atoms with Crippen molar-refractivity contribution in [3.05, 3.63) is 76.4 Å². The fourth-order valence-electron chi connectivity index (χ4n) is 3.12. The zero-order valence-corrected chi connectivity index (χ0v) is 18.7. The minimum absolute atomic E-state index is 0.115. The van der Waals surface area contributed by atoms with Crippen molar-refractivity contribution in [2.45, 2.75) is 13.8 Å². The molecule has 2 aromatic carbocycles. The van der Waals surface area contributed by atoms with Crippen LogP contribution >= 0.6 is 11.3 Å². The molecule has 2 heterocycles. The highest BCUT2D eigenvalue weighted by molar-refractivity contribution is 7.13. The van der Waals surface area contributed by atoms with Crippen molar-refractivity contribution in [1.82, 2.24) is 10.3 Å². The minimum Gasteiger partial charge on any atom is -0.492 e. The van der Waals surface area contributed by atoms with Crippen LogP contribution in [0.3, 0.4) is 0 Å². The normalized spacial score (nSPS) is 10.7. The predicted molar refractivity (Wildman–Crippen MR) is 129 cm³/mol. The van der Waals surface area contributed by atoms with Gasteiger partial charge in [-0.1, -0.05) is 56.3 Å². The van der Waals surface area contributed by atoms with Gasteiger partial charge in [0.05, 0.1) is 17.7 Å². The largest absolute Gasteiger partial charge is 0.492 e. The molecule has 4 aromatic rings. The van der Waals surface area contributed by atoms with E-state index in [0.717, 1.165) is 26.9 Å². The van der Waals surface area contributed by atoms with Crippen LogP contribution in [0.1, 0.15) is 13.8 Å². The second-order valence-corrected chi connectivity index (χ2v) is 8.41. The molecule has 2 aromatic heterocycles. The number of aromatic nitrogens is 1. The van der Waals surface area contributed by atoms with Crippen molar-refractivity contribution < 1.29 is 4.74 Å². The van der Waals surface area contributed by atoms with E-state index in [4.69, 9.17) is 4.74 Å². The fraction of sp³-hybridized carbons (Fsp3) is 0.240. The molecule has 0 saturated carbocycles. The highest BCUT2D eigenvalue weighted by Gasteiger charge is 2.18. The lowest BCUT2D eigenvalue weighted by atomic mass is 10.0. The Morgan fingerprint density at radius 3 is 2.37 bits per heavy atom. The Morgan fingerprint density at radius 2 is 1.73 bits per heavy atom. The van der Waals surface area contributed by atoms with Gasteiger partial charge in [0.2, 0.25) is 0 Å². The Kier molecular flexibility index (Phi) is 7.44. The molecule has 0 spiro atoms. The summed E-state index contributed by atoms with van der Waals surface area (Å²) >= 11 is 1.55. The van der Waals surface area contributed by atoms with E-state index in [1.54, 1.807) is 11.3 Å². The molecule has 4 nitrogen and oxygen atoms in total. The molecule has 0 aliphatic heterocycles. The Hall–Kier alpha value is -2.89. The summed E-state index contributed by atoms with van der Waals surface area (Å²) in [5.74, 6) is 1.04. The zero-order chi connectivity index (χ0) is 21.5. The van der Waals surface area contributed by atoms with Gasteiger partial charge >= 0.3 is 0 Å². The molecular formula is C25H28N2O2S. The van der Waals surface area contributed by atoms with Gasteiger partial charge in [0.1, 0.15) is 5.75 Å². The summed E-state index contributed by atoms with van der Waals surface area (Å²) in [4.78, 5) is 16.8. The summed E-state index contributed by atoms with van der Waals surface area (Å²) in [6.45, 7) is 4.78. The molecule has 0 unspecified atom stereocenters.